The highest BCUT2D eigenvalue weighted by molar-refractivity contribution is 7.20. The number of benzene rings is 1. The molecule has 0 aliphatic carbocycles. The molecule has 2 aromatic heterocycles. The van der Waals surface area contributed by atoms with Gasteiger partial charge in [0.2, 0.25) is 0 Å². The smallest absolute Gasteiger partial charge is 0.287 e. The van der Waals surface area contributed by atoms with E-state index >= 15 is 0 Å². The van der Waals surface area contributed by atoms with Crippen molar-refractivity contribution in [2.24, 2.45) is 0 Å². The lowest BCUT2D eigenvalue weighted by Gasteiger charge is -2.33. The standard InChI is InChI=1S/C16H12ClN3O2S/c1-9-8-20(12-6-2-4-10(17)13(12)22-9)16(21)15-19-11-5-3-7-18-14(11)23-15/h2-7,9H,8H2,1H3/t9-/m0/s1. The molecule has 116 valence electrons. The summed E-state index contributed by atoms with van der Waals surface area (Å²) in [5.41, 5.74) is 1.40. The molecule has 0 fully saturated rings. The first kappa shape index (κ1) is 14.4. The van der Waals surface area contributed by atoms with Gasteiger partial charge in [-0.15, -0.1) is 0 Å². The minimum atomic E-state index is -0.160. The first-order valence-electron chi connectivity index (χ1n) is 7.12. The lowest BCUT2D eigenvalue weighted by atomic mass is 10.2. The van der Waals surface area contributed by atoms with E-state index in [1.54, 1.807) is 23.2 Å². The van der Waals surface area contributed by atoms with Gasteiger partial charge in [-0.25, -0.2) is 9.97 Å². The lowest BCUT2D eigenvalue weighted by Crippen LogP contribution is -2.42. The summed E-state index contributed by atoms with van der Waals surface area (Å²) in [6.07, 6.45) is 1.56. The third-order valence-electron chi connectivity index (χ3n) is 3.59. The van der Waals surface area contributed by atoms with Crippen molar-refractivity contribution >= 4 is 44.9 Å². The van der Waals surface area contributed by atoms with Crippen LogP contribution in [-0.4, -0.2) is 28.5 Å². The van der Waals surface area contributed by atoms with Gasteiger partial charge in [0, 0.05) is 6.20 Å². The van der Waals surface area contributed by atoms with Crippen LogP contribution in [0.1, 0.15) is 16.7 Å². The van der Waals surface area contributed by atoms with Gasteiger partial charge < -0.3 is 4.74 Å². The summed E-state index contributed by atoms with van der Waals surface area (Å²) in [6, 6.07) is 9.05. The number of thiazole rings is 1. The van der Waals surface area contributed by atoms with Crippen molar-refractivity contribution in [3.05, 3.63) is 46.6 Å². The minimum Gasteiger partial charge on any atom is -0.485 e. The van der Waals surface area contributed by atoms with Gasteiger partial charge in [-0.3, -0.25) is 9.69 Å². The van der Waals surface area contributed by atoms with Crippen LogP contribution in [0.25, 0.3) is 10.3 Å². The second-order valence-electron chi connectivity index (χ2n) is 5.28. The summed E-state index contributed by atoms with van der Waals surface area (Å²) in [5.74, 6) is 0.382. The van der Waals surface area contributed by atoms with Gasteiger partial charge in [-0.1, -0.05) is 29.0 Å². The number of para-hydroxylation sites is 1. The van der Waals surface area contributed by atoms with E-state index in [2.05, 4.69) is 9.97 Å². The lowest BCUT2D eigenvalue weighted by molar-refractivity contribution is 0.0961. The number of anilines is 1. The Balaban J connectivity index is 1.78. The van der Waals surface area contributed by atoms with Crippen LogP contribution < -0.4 is 9.64 Å². The molecule has 1 amide bonds. The van der Waals surface area contributed by atoms with Crippen molar-refractivity contribution < 1.29 is 9.53 Å². The number of amides is 1. The number of pyridine rings is 1. The molecule has 1 aliphatic heterocycles. The van der Waals surface area contributed by atoms with E-state index in [0.29, 0.717) is 28.0 Å². The van der Waals surface area contributed by atoms with E-state index in [1.807, 2.05) is 25.1 Å². The van der Waals surface area contributed by atoms with E-state index < -0.39 is 0 Å². The molecule has 5 nitrogen and oxygen atoms in total. The van der Waals surface area contributed by atoms with E-state index in [-0.39, 0.29) is 12.0 Å². The number of ether oxygens (including phenoxy) is 1. The van der Waals surface area contributed by atoms with Crippen molar-refractivity contribution in [2.75, 3.05) is 11.4 Å². The number of aromatic nitrogens is 2. The van der Waals surface area contributed by atoms with Crippen LogP contribution in [0.4, 0.5) is 5.69 Å². The Morgan fingerprint density at radius 2 is 2.26 bits per heavy atom. The number of rotatable bonds is 1. The van der Waals surface area contributed by atoms with Crippen LogP contribution in [0.15, 0.2) is 36.5 Å². The topological polar surface area (TPSA) is 55.3 Å². The molecule has 0 N–H and O–H groups in total. The van der Waals surface area contributed by atoms with Crippen LogP contribution in [-0.2, 0) is 0 Å². The molecule has 0 unspecified atom stereocenters. The second kappa shape index (κ2) is 5.47. The first-order chi connectivity index (χ1) is 11.1. The SMILES string of the molecule is C[C@H]1CN(C(=O)c2nc3cccnc3s2)c2cccc(Cl)c2O1. The number of halogens is 1. The Hall–Kier alpha value is -2.18. The zero-order valence-corrected chi connectivity index (χ0v) is 13.8. The highest BCUT2D eigenvalue weighted by Crippen LogP contribution is 2.40. The molecule has 0 saturated heterocycles. The second-order valence-corrected chi connectivity index (χ2v) is 6.66. The van der Waals surface area contributed by atoms with Gasteiger partial charge in [0.05, 0.1) is 17.3 Å². The summed E-state index contributed by atoms with van der Waals surface area (Å²) in [7, 11) is 0. The van der Waals surface area contributed by atoms with E-state index in [0.717, 1.165) is 10.3 Å². The molecule has 7 heteroatoms. The van der Waals surface area contributed by atoms with Crippen molar-refractivity contribution in [2.45, 2.75) is 13.0 Å². The summed E-state index contributed by atoms with van der Waals surface area (Å²) >= 11 is 7.49. The largest absolute Gasteiger partial charge is 0.485 e. The van der Waals surface area contributed by atoms with Crippen molar-refractivity contribution in [3.8, 4) is 5.75 Å². The van der Waals surface area contributed by atoms with Gasteiger partial charge in [-0.05, 0) is 31.2 Å². The van der Waals surface area contributed by atoms with E-state index in [1.165, 1.54) is 11.3 Å². The molecule has 0 bridgehead atoms. The molecule has 0 spiro atoms. The highest BCUT2D eigenvalue weighted by Gasteiger charge is 2.31. The van der Waals surface area contributed by atoms with Gasteiger partial charge in [0.15, 0.2) is 10.8 Å². The quantitative estimate of drug-likeness (QED) is 0.673. The number of hydrogen-bond acceptors (Lipinski definition) is 5. The maximum absolute atomic E-state index is 12.9. The number of carbonyl (C=O) groups excluding carboxylic acids is 1. The monoisotopic (exact) mass is 345 g/mol. The summed E-state index contributed by atoms with van der Waals surface area (Å²) in [4.78, 5) is 24.0. The Kier molecular flexibility index (Phi) is 3.43. The van der Waals surface area contributed by atoms with E-state index in [9.17, 15) is 4.79 Å². The zero-order chi connectivity index (χ0) is 16.0. The van der Waals surface area contributed by atoms with Gasteiger partial charge in [0.1, 0.15) is 16.5 Å². The average Bonchev–Trinajstić information content (AvgIpc) is 2.98. The maximum Gasteiger partial charge on any atom is 0.287 e. The van der Waals surface area contributed by atoms with Crippen LogP contribution in [0.5, 0.6) is 5.75 Å². The third kappa shape index (κ3) is 2.44. The first-order valence-corrected chi connectivity index (χ1v) is 8.31. The van der Waals surface area contributed by atoms with Crippen LogP contribution in [0, 0.1) is 0 Å². The molecular weight excluding hydrogens is 334 g/mol. The molecular formula is C16H12ClN3O2S. The average molecular weight is 346 g/mol. The van der Waals surface area contributed by atoms with Crippen LogP contribution in [0.3, 0.4) is 0 Å². The molecule has 4 rings (SSSR count). The number of nitrogens with zero attached hydrogens (tertiary/aromatic N) is 3. The summed E-state index contributed by atoms with van der Waals surface area (Å²) < 4.78 is 5.78. The van der Waals surface area contributed by atoms with Gasteiger partial charge >= 0.3 is 0 Å². The highest BCUT2D eigenvalue weighted by atomic mass is 35.5. The van der Waals surface area contributed by atoms with Crippen LogP contribution >= 0.6 is 22.9 Å². The molecule has 0 saturated carbocycles. The van der Waals surface area contributed by atoms with Crippen LogP contribution in [0.2, 0.25) is 5.02 Å². The van der Waals surface area contributed by atoms with Gasteiger partial charge in [-0.2, -0.15) is 0 Å². The molecule has 1 atom stereocenters. The Bertz CT molecular complexity index is 878. The fraction of sp³-hybridized carbons (Fsp3) is 0.188. The normalized spacial score (nSPS) is 17.0. The fourth-order valence-electron chi connectivity index (χ4n) is 2.59. The molecule has 3 heterocycles. The predicted octanol–water partition coefficient (Wildman–Crippen LogP) is 3.77. The third-order valence-corrected chi connectivity index (χ3v) is 4.86. The summed E-state index contributed by atoms with van der Waals surface area (Å²) in [6.45, 7) is 2.36. The van der Waals surface area contributed by atoms with Crippen molar-refractivity contribution in [1.82, 2.24) is 9.97 Å². The fourth-order valence-corrected chi connectivity index (χ4v) is 3.66. The Labute approximate surface area is 141 Å². The Morgan fingerprint density at radius 3 is 3.09 bits per heavy atom. The number of hydrogen-bond donors (Lipinski definition) is 0. The van der Waals surface area contributed by atoms with Crippen molar-refractivity contribution in [3.63, 3.8) is 0 Å². The Morgan fingerprint density at radius 1 is 1.39 bits per heavy atom. The molecule has 0 radical (unpaired) electrons. The van der Waals surface area contributed by atoms with Crippen molar-refractivity contribution in [1.29, 1.82) is 0 Å². The molecule has 3 aromatic rings. The molecule has 1 aromatic carbocycles. The molecule has 23 heavy (non-hydrogen) atoms. The molecule has 1 aliphatic rings. The van der Waals surface area contributed by atoms with Gasteiger partial charge in [0.25, 0.3) is 5.91 Å². The predicted molar refractivity (Wildman–Crippen MR) is 90.6 cm³/mol. The van der Waals surface area contributed by atoms with E-state index in [4.69, 9.17) is 16.3 Å². The maximum atomic E-state index is 12.9. The minimum absolute atomic E-state index is 0.140. The summed E-state index contributed by atoms with van der Waals surface area (Å²) in [5, 5.41) is 0.913. The number of carbonyl (C=O) groups is 1. The number of fused-ring (bicyclic) bond motifs is 2. The zero-order valence-electron chi connectivity index (χ0n) is 12.2.